The summed E-state index contributed by atoms with van der Waals surface area (Å²) in [7, 11) is 4.31. The number of rotatable bonds is 13. The summed E-state index contributed by atoms with van der Waals surface area (Å²) >= 11 is 12.0. The Hall–Kier alpha value is -3.19. The summed E-state index contributed by atoms with van der Waals surface area (Å²) in [4.78, 5) is 24.1. The number of hydrogen-bond donors (Lipinski definition) is 5. The minimum absolute atomic E-state index is 0.113. The van der Waals surface area contributed by atoms with Crippen LogP contribution in [0.25, 0.3) is 0 Å². The summed E-state index contributed by atoms with van der Waals surface area (Å²) in [5.41, 5.74) is -0.343. The predicted octanol–water partition coefficient (Wildman–Crippen LogP) is 4.33. The Labute approximate surface area is 265 Å². The van der Waals surface area contributed by atoms with Crippen molar-refractivity contribution in [3.8, 4) is 5.75 Å². The number of ether oxygens (including phenoxy) is 1. The van der Waals surface area contributed by atoms with Crippen LogP contribution < -0.4 is 4.74 Å². The topological polar surface area (TPSA) is 171 Å². The number of aliphatic hydroxyl groups is 3. The molecule has 0 aliphatic heterocycles. The van der Waals surface area contributed by atoms with Gasteiger partial charge in [0.2, 0.25) is 5.89 Å². The zero-order chi connectivity index (χ0) is 32.5. The van der Waals surface area contributed by atoms with E-state index in [0.29, 0.717) is 39.3 Å². The van der Waals surface area contributed by atoms with Gasteiger partial charge in [-0.3, -0.25) is 0 Å². The van der Waals surface area contributed by atoms with E-state index < -0.39 is 29.7 Å². The Morgan fingerprint density at radius 3 is 2.20 bits per heavy atom. The van der Waals surface area contributed by atoms with Crippen LogP contribution in [0.1, 0.15) is 49.3 Å². The first-order chi connectivity index (χ1) is 20.7. The Balaban J connectivity index is 0.000000456. The number of aliphatic carboxylic acids is 2. The highest BCUT2D eigenvalue weighted by molar-refractivity contribution is 6.42. The molecular formula is C31H39Cl2N2O9+. The maximum Gasteiger partial charge on any atom is 0.335 e. The standard InChI is InChI=1S/C27H33Cl2N2O3.C4H6O6/c1-31(2,15-8-16-33-22-13-14-24(28)25(29)17-22)19-23-18-30-26(34-23)27(32,21-11-6-7-12-21)20-9-4-3-5-10-20;5-1(3(7)8)2(6)4(9)10/h3-5,9-10,13-14,17-18,21,32H,6-8,11-12,15-16,19H2,1-2H3;1-2,5-6H,(H,7,8)(H,9,10)/q+1;. The van der Waals surface area contributed by atoms with Crippen LogP contribution in [-0.4, -0.2) is 86.4 Å². The summed E-state index contributed by atoms with van der Waals surface area (Å²) in [5, 5.41) is 45.4. The van der Waals surface area contributed by atoms with Gasteiger partial charge in [0.15, 0.2) is 23.6 Å². The molecule has 1 aliphatic carbocycles. The van der Waals surface area contributed by atoms with Gasteiger partial charge in [-0.05, 0) is 30.5 Å². The summed E-state index contributed by atoms with van der Waals surface area (Å²) in [6.07, 6.45) is 2.31. The Morgan fingerprint density at radius 2 is 1.64 bits per heavy atom. The molecule has 0 saturated heterocycles. The SMILES string of the molecule is C[N+](C)(CCCOc1ccc(Cl)c(Cl)c1)Cc1cnc(C(O)(c2ccccc2)C2CCCC2)o1.O=C(O)C(O)C(O)C(=O)O. The number of nitrogens with zero attached hydrogens (tertiary/aromatic N) is 2. The number of aliphatic hydroxyl groups excluding tert-OH is 2. The zero-order valence-electron chi connectivity index (χ0n) is 24.6. The molecule has 11 nitrogen and oxygen atoms in total. The van der Waals surface area contributed by atoms with E-state index >= 15 is 0 Å². The molecule has 44 heavy (non-hydrogen) atoms. The van der Waals surface area contributed by atoms with E-state index in [9.17, 15) is 14.7 Å². The van der Waals surface area contributed by atoms with Crippen LogP contribution in [0.2, 0.25) is 10.0 Å². The Kier molecular flexibility index (Phi) is 12.6. The number of hydrogen-bond acceptors (Lipinski definition) is 8. The van der Waals surface area contributed by atoms with Crippen molar-refractivity contribution >= 4 is 35.1 Å². The van der Waals surface area contributed by atoms with E-state index in [-0.39, 0.29) is 5.92 Å². The molecule has 1 aromatic heterocycles. The van der Waals surface area contributed by atoms with Crippen LogP contribution in [0.15, 0.2) is 59.1 Å². The highest BCUT2D eigenvalue weighted by Crippen LogP contribution is 2.44. The third kappa shape index (κ3) is 9.40. The number of aromatic nitrogens is 1. The number of oxazole rings is 1. The van der Waals surface area contributed by atoms with Gasteiger partial charge in [0.25, 0.3) is 0 Å². The number of benzene rings is 2. The number of carboxylic acids is 2. The third-order valence-electron chi connectivity index (χ3n) is 7.50. The second-order valence-electron chi connectivity index (χ2n) is 11.4. The number of quaternary nitrogens is 1. The minimum Gasteiger partial charge on any atom is -0.493 e. The second-order valence-corrected chi connectivity index (χ2v) is 12.2. The lowest BCUT2D eigenvalue weighted by atomic mass is 9.80. The van der Waals surface area contributed by atoms with Crippen molar-refractivity contribution in [2.75, 3.05) is 27.2 Å². The normalized spacial score (nSPS) is 16.3. The van der Waals surface area contributed by atoms with Crippen molar-refractivity contribution < 1.29 is 48.8 Å². The molecule has 5 N–H and O–H groups in total. The third-order valence-corrected chi connectivity index (χ3v) is 8.24. The summed E-state index contributed by atoms with van der Waals surface area (Å²) in [5.74, 6) is -1.53. The van der Waals surface area contributed by atoms with Gasteiger partial charge in [-0.1, -0.05) is 66.4 Å². The largest absolute Gasteiger partial charge is 0.493 e. The molecule has 3 atom stereocenters. The Morgan fingerprint density at radius 1 is 1.02 bits per heavy atom. The molecule has 3 unspecified atom stereocenters. The summed E-state index contributed by atoms with van der Waals surface area (Å²) < 4.78 is 12.8. The van der Waals surface area contributed by atoms with Crippen LogP contribution in [0, 0.1) is 5.92 Å². The monoisotopic (exact) mass is 653 g/mol. The fraction of sp³-hybridized carbons (Fsp3) is 0.452. The van der Waals surface area contributed by atoms with E-state index in [1.807, 2.05) is 36.4 Å². The predicted molar refractivity (Wildman–Crippen MR) is 162 cm³/mol. The smallest absolute Gasteiger partial charge is 0.335 e. The quantitative estimate of drug-likeness (QED) is 0.132. The molecule has 1 fully saturated rings. The van der Waals surface area contributed by atoms with Gasteiger partial charge >= 0.3 is 11.9 Å². The summed E-state index contributed by atoms with van der Waals surface area (Å²) in [6.45, 7) is 2.15. The van der Waals surface area contributed by atoms with E-state index in [4.69, 9.17) is 52.8 Å². The van der Waals surface area contributed by atoms with Crippen molar-refractivity contribution in [3.05, 3.63) is 82.0 Å². The highest BCUT2D eigenvalue weighted by atomic mass is 35.5. The van der Waals surface area contributed by atoms with Crippen LogP contribution in [-0.2, 0) is 21.7 Å². The van der Waals surface area contributed by atoms with Gasteiger partial charge in [0.1, 0.15) is 12.3 Å². The van der Waals surface area contributed by atoms with Gasteiger partial charge in [-0.15, -0.1) is 0 Å². The average molecular weight is 655 g/mol. The molecule has 1 saturated carbocycles. The average Bonchev–Trinajstić information content (AvgIpc) is 3.70. The molecule has 1 heterocycles. The molecule has 240 valence electrons. The van der Waals surface area contributed by atoms with Gasteiger partial charge in [-0.2, -0.15) is 0 Å². The summed E-state index contributed by atoms with van der Waals surface area (Å²) in [6, 6.07) is 15.1. The lowest BCUT2D eigenvalue weighted by Gasteiger charge is -2.32. The molecule has 13 heteroatoms. The zero-order valence-corrected chi connectivity index (χ0v) is 26.1. The lowest BCUT2D eigenvalue weighted by Crippen LogP contribution is -2.40. The fourth-order valence-electron chi connectivity index (χ4n) is 5.15. The van der Waals surface area contributed by atoms with Gasteiger partial charge in [0.05, 0.1) is 43.5 Å². The van der Waals surface area contributed by atoms with E-state index in [0.717, 1.165) is 50.0 Å². The van der Waals surface area contributed by atoms with Crippen LogP contribution in [0.3, 0.4) is 0 Å². The number of halogens is 2. The van der Waals surface area contributed by atoms with E-state index in [1.54, 1.807) is 18.3 Å². The molecule has 0 bridgehead atoms. The Bertz CT molecular complexity index is 1360. The maximum absolute atomic E-state index is 11.9. The van der Waals surface area contributed by atoms with Gasteiger partial charge in [-0.25, -0.2) is 14.6 Å². The maximum atomic E-state index is 11.9. The second kappa shape index (κ2) is 15.7. The van der Waals surface area contributed by atoms with Gasteiger partial charge < -0.3 is 39.2 Å². The first-order valence-corrected chi connectivity index (χ1v) is 14.9. The van der Waals surface area contributed by atoms with Crippen molar-refractivity contribution in [1.29, 1.82) is 0 Å². The molecule has 0 radical (unpaired) electrons. The molecular weight excluding hydrogens is 615 g/mol. The molecule has 4 rings (SSSR count). The molecule has 2 aromatic carbocycles. The van der Waals surface area contributed by atoms with Crippen LogP contribution >= 0.6 is 23.2 Å². The molecule has 3 aromatic rings. The van der Waals surface area contributed by atoms with E-state index in [1.165, 1.54) is 0 Å². The molecule has 0 amide bonds. The highest BCUT2D eigenvalue weighted by Gasteiger charge is 2.45. The number of carbonyl (C=O) groups is 2. The van der Waals surface area contributed by atoms with Crippen molar-refractivity contribution in [2.45, 2.75) is 56.5 Å². The first-order valence-electron chi connectivity index (χ1n) is 14.2. The molecule has 1 aliphatic rings. The van der Waals surface area contributed by atoms with E-state index in [2.05, 4.69) is 19.1 Å². The van der Waals surface area contributed by atoms with Crippen molar-refractivity contribution in [2.24, 2.45) is 5.92 Å². The van der Waals surface area contributed by atoms with Gasteiger partial charge in [0, 0.05) is 18.4 Å². The van der Waals surface area contributed by atoms with Crippen LogP contribution in [0.5, 0.6) is 5.75 Å². The first kappa shape index (κ1) is 35.3. The molecule has 0 spiro atoms. The van der Waals surface area contributed by atoms with Crippen molar-refractivity contribution in [3.63, 3.8) is 0 Å². The lowest BCUT2D eigenvalue weighted by molar-refractivity contribution is -0.904. The fourth-order valence-corrected chi connectivity index (χ4v) is 5.43. The number of carboxylic acid groups (broad SMARTS) is 2. The van der Waals surface area contributed by atoms with Crippen molar-refractivity contribution in [1.82, 2.24) is 4.98 Å². The van der Waals surface area contributed by atoms with Crippen LogP contribution in [0.4, 0.5) is 0 Å². The minimum atomic E-state index is -2.27.